The van der Waals surface area contributed by atoms with Gasteiger partial charge in [0.15, 0.2) is 0 Å². The van der Waals surface area contributed by atoms with Crippen LogP contribution in [0.2, 0.25) is 5.02 Å². The smallest absolute Gasteiger partial charge is 0.350 e. The zero-order valence-electron chi connectivity index (χ0n) is 15.4. The molecule has 0 radical (unpaired) electrons. The molecular weight excluding hydrogens is 411 g/mol. The number of piperidine rings is 1. The molecule has 3 rings (SSSR count). The fourth-order valence-corrected chi connectivity index (χ4v) is 3.89. The Morgan fingerprint density at radius 3 is 2.75 bits per heavy atom. The number of benzene rings is 1. The molecule has 5 nitrogen and oxygen atoms in total. The van der Waals surface area contributed by atoms with Gasteiger partial charge in [-0.25, -0.2) is 0 Å². The Morgan fingerprint density at radius 2 is 2.07 bits per heavy atom. The number of nitrogens with one attached hydrogen (secondary N) is 2. The summed E-state index contributed by atoms with van der Waals surface area (Å²) in [5.41, 5.74) is -0.400. The highest BCUT2D eigenvalue weighted by molar-refractivity contribution is 6.30. The molecule has 2 N–H and O–H groups in total. The number of alkyl halides is 2. The molecular formula is C19H25Cl2F2N3O2. The van der Waals surface area contributed by atoms with E-state index in [0.29, 0.717) is 19.5 Å². The Bertz CT molecular complexity index is 700. The summed E-state index contributed by atoms with van der Waals surface area (Å²) < 4.78 is 29.3. The van der Waals surface area contributed by atoms with Crippen molar-refractivity contribution >= 4 is 35.8 Å². The van der Waals surface area contributed by atoms with Gasteiger partial charge in [-0.2, -0.15) is 8.78 Å². The maximum atomic E-state index is 14.6. The van der Waals surface area contributed by atoms with Gasteiger partial charge in [-0.1, -0.05) is 23.7 Å². The van der Waals surface area contributed by atoms with Gasteiger partial charge in [-0.05, 0) is 50.3 Å². The van der Waals surface area contributed by atoms with Crippen molar-refractivity contribution in [3.8, 4) is 0 Å². The lowest BCUT2D eigenvalue weighted by molar-refractivity contribution is -0.160. The van der Waals surface area contributed by atoms with Crippen LogP contribution in [0.5, 0.6) is 0 Å². The average Bonchev–Trinajstić information content (AvgIpc) is 3.20. The summed E-state index contributed by atoms with van der Waals surface area (Å²) in [6.07, 6.45) is 3.22. The summed E-state index contributed by atoms with van der Waals surface area (Å²) in [6, 6.07) is 5.06. The van der Waals surface area contributed by atoms with Crippen molar-refractivity contribution < 1.29 is 18.4 Å². The normalized spacial score (nSPS) is 22.5. The zero-order chi connectivity index (χ0) is 19.4. The van der Waals surface area contributed by atoms with Crippen molar-refractivity contribution in [2.24, 2.45) is 5.92 Å². The number of rotatable bonds is 5. The molecule has 156 valence electrons. The van der Waals surface area contributed by atoms with Crippen LogP contribution in [0.4, 0.5) is 8.78 Å². The highest BCUT2D eigenvalue weighted by Gasteiger charge is 2.45. The number of carbonyl (C=O) groups is 2. The van der Waals surface area contributed by atoms with Crippen LogP contribution >= 0.6 is 24.0 Å². The summed E-state index contributed by atoms with van der Waals surface area (Å²) in [6.45, 7) is 1.74. The molecule has 0 spiro atoms. The molecule has 0 bridgehead atoms. The largest absolute Gasteiger partial charge is 0.354 e. The predicted octanol–water partition coefficient (Wildman–Crippen LogP) is 2.96. The van der Waals surface area contributed by atoms with Crippen molar-refractivity contribution in [2.45, 2.75) is 37.6 Å². The Hall–Kier alpha value is -1.44. The number of hydrogen-bond acceptors (Lipinski definition) is 3. The van der Waals surface area contributed by atoms with Gasteiger partial charge in [0.05, 0.1) is 6.04 Å². The fraction of sp³-hybridized carbons (Fsp3) is 0.579. The molecule has 0 saturated carbocycles. The summed E-state index contributed by atoms with van der Waals surface area (Å²) in [4.78, 5) is 25.8. The third kappa shape index (κ3) is 5.33. The maximum absolute atomic E-state index is 14.6. The minimum atomic E-state index is -3.62. The van der Waals surface area contributed by atoms with E-state index in [1.165, 1.54) is 23.1 Å². The van der Waals surface area contributed by atoms with Crippen molar-refractivity contribution in [1.82, 2.24) is 15.5 Å². The van der Waals surface area contributed by atoms with Gasteiger partial charge in [0.2, 0.25) is 5.91 Å². The summed E-state index contributed by atoms with van der Waals surface area (Å²) in [5, 5.41) is 6.18. The average molecular weight is 436 g/mol. The quantitative estimate of drug-likeness (QED) is 0.747. The molecule has 1 aromatic carbocycles. The number of nitrogens with zero attached hydrogens (tertiary/aromatic N) is 1. The minimum absolute atomic E-state index is 0. The van der Waals surface area contributed by atoms with E-state index in [1.54, 1.807) is 0 Å². The standard InChI is InChI=1S/C19H24ClF2N3O2.ClH/c20-15-6-1-5-14(10-15)19(21,22)18(27)25-9-3-4-13(12-25)11-24-17(26)16-7-2-8-23-16;/h1,5-6,10,13,16,23H,2-4,7-9,11-12H2,(H,24,26);1H. The Kier molecular flexibility index (Phi) is 8.04. The van der Waals surface area contributed by atoms with E-state index in [-0.39, 0.29) is 41.8 Å². The number of hydrogen-bond donors (Lipinski definition) is 2. The van der Waals surface area contributed by atoms with Crippen molar-refractivity contribution in [3.05, 3.63) is 34.9 Å². The lowest BCUT2D eigenvalue weighted by atomic mass is 9.96. The van der Waals surface area contributed by atoms with E-state index in [4.69, 9.17) is 11.6 Å². The van der Waals surface area contributed by atoms with Gasteiger partial charge in [0.1, 0.15) is 0 Å². The van der Waals surface area contributed by atoms with Gasteiger partial charge in [0.25, 0.3) is 5.91 Å². The lowest BCUT2D eigenvalue weighted by Crippen LogP contribution is -2.49. The first kappa shape index (κ1) is 22.8. The van der Waals surface area contributed by atoms with E-state index >= 15 is 0 Å². The van der Waals surface area contributed by atoms with Crippen molar-refractivity contribution in [2.75, 3.05) is 26.2 Å². The van der Waals surface area contributed by atoms with Gasteiger partial charge in [-0.15, -0.1) is 12.4 Å². The van der Waals surface area contributed by atoms with Crippen LogP contribution in [0.25, 0.3) is 0 Å². The summed E-state index contributed by atoms with van der Waals surface area (Å²) in [7, 11) is 0. The van der Waals surface area contributed by atoms with Crippen molar-refractivity contribution in [1.29, 1.82) is 0 Å². The maximum Gasteiger partial charge on any atom is 0.350 e. The molecule has 2 aliphatic heterocycles. The first-order valence-corrected chi connectivity index (χ1v) is 9.70. The number of carbonyl (C=O) groups excluding carboxylic acids is 2. The van der Waals surface area contributed by atoms with Gasteiger partial charge in [0, 0.05) is 30.2 Å². The van der Waals surface area contributed by atoms with Crippen LogP contribution in [0, 0.1) is 5.92 Å². The van der Waals surface area contributed by atoms with Crippen LogP contribution in [0.3, 0.4) is 0 Å². The number of amides is 2. The van der Waals surface area contributed by atoms with Gasteiger partial charge in [-0.3, -0.25) is 9.59 Å². The highest BCUT2D eigenvalue weighted by Crippen LogP contribution is 2.33. The molecule has 9 heteroatoms. The Balaban J connectivity index is 0.00000280. The van der Waals surface area contributed by atoms with Crippen LogP contribution in [0.15, 0.2) is 24.3 Å². The second-order valence-electron chi connectivity index (χ2n) is 7.24. The van der Waals surface area contributed by atoms with E-state index in [1.807, 2.05) is 0 Å². The molecule has 0 aliphatic carbocycles. The number of halogens is 4. The lowest BCUT2D eigenvalue weighted by Gasteiger charge is -2.35. The molecule has 2 heterocycles. The highest BCUT2D eigenvalue weighted by atomic mass is 35.5. The molecule has 2 amide bonds. The zero-order valence-corrected chi connectivity index (χ0v) is 17.0. The molecule has 2 saturated heterocycles. The predicted molar refractivity (Wildman–Crippen MR) is 106 cm³/mol. The molecule has 2 atom stereocenters. The molecule has 2 fully saturated rings. The second-order valence-corrected chi connectivity index (χ2v) is 7.67. The van der Waals surface area contributed by atoms with Crippen molar-refractivity contribution in [3.63, 3.8) is 0 Å². The molecule has 0 aromatic heterocycles. The van der Waals surface area contributed by atoms with E-state index in [2.05, 4.69) is 10.6 Å². The number of likely N-dealkylation sites (tertiary alicyclic amines) is 1. The first-order valence-electron chi connectivity index (χ1n) is 9.32. The van der Waals surface area contributed by atoms with E-state index in [0.717, 1.165) is 31.9 Å². The van der Waals surface area contributed by atoms with E-state index < -0.39 is 17.4 Å². The Morgan fingerprint density at radius 1 is 1.29 bits per heavy atom. The third-order valence-electron chi connectivity index (χ3n) is 5.20. The fourth-order valence-electron chi connectivity index (χ4n) is 3.70. The molecule has 1 aromatic rings. The van der Waals surface area contributed by atoms with Crippen LogP contribution in [-0.2, 0) is 15.5 Å². The Labute approximate surface area is 174 Å². The summed E-state index contributed by atoms with van der Waals surface area (Å²) >= 11 is 5.79. The SMILES string of the molecule is Cl.O=C(NCC1CCCN(C(=O)C(F)(F)c2cccc(Cl)c2)C1)C1CCCN1. The van der Waals surface area contributed by atoms with Crippen LogP contribution < -0.4 is 10.6 Å². The summed E-state index contributed by atoms with van der Waals surface area (Å²) in [5.74, 6) is -4.91. The molecule has 28 heavy (non-hydrogen) atoms. The van der Waals surface area contributed by atoms with Crippen LogP contribution in [0.1, 0.15) is 31.2 Å². The third-order valence-corrected chi connectivity index (χ3v) is 5.44. The molecule has 2 aliphatic rings. The monoisotopic (exact) mass is 435 g/mol. The van der Waals surface area contributed by atoms with Gasteiger partial charge >= 0.3 is 5.92 Å². The van der Waals surface area contributed by atoms with E-state index in [9.17, 15) is 18.4 Å². The first-order chi connectivity index (χ1) is 12.9. The minimum Gasteiger partial charge on any atom is -0.354 e. The van der Waals surface area contributed by atoms with Crippen LogP contribution in [-0.4, -0.2) is 48.9 Å². The second kappa shape index (κ2) is 9.85. The molecule has 2 unspecified atom stereocenters. The van der Waals surface area contributed by atoms with Gasteiger partial charge < -0.3 is 15.5 Å². The topological polar surface area (TPSA) is 61.4 Å².